The van der Waals surface area contributed by atoms with E-state index in [1.165, 1.54) is 0 Å². The van der Waals surface area contributed by atoms with E-state index >= 15 is 0 Å². The molecular weight excluding hydrogens is 172 g/mol. The maximum absolute atomic E-state index is 4.40. The van der Waals surface area contributed by atoms with Gasteiger partial charge in [-0.25, -0.2) is 4.99 Å². The minimum Gasteiger partial charge on any atom is -0.329 e. The Balaban J connectivity index is 3.19. The Hall–Kier alpha value is -1.57. The molecule has 0 bridgehead atoms. The van der Waals surface area contributed by atoms with Gasteiger partial charge in [0, 0.05) is 12.7 Å². The Morgan fingerprint density at radius 2 is 2.21 bits per heavy atom. The summed E-state index contributed by atoms with van der Waals surface area (Å²) >= 11 is 0. The summed E-state index contributed by atoms with van der Waals surface area (Å²) in [7, 11) is 1.99. The molecule has 0 radical (unpaired) electrons. The normalized spacial score (nSPS) is 19.1. The summed E-state index contributed by atoms with van der Waals surface area (Å²) in [6.45, 7) is 11.6. The van der Waals surface area contributed by atoms with Crippen LogP contribution in [0.2, 0.25) is 0 Å². The molecule has 0 aromatic heterocycles. The number of hydrogen-bond acceptors (Lipinski definition) is 2. The zero-order valence-electron chi connectivity index (χ0n) is 9.04. The summed E-state index contributed by atoms with van der Waals surface area (Å²) in [5.74, 6) is 0.931. The SMILES string of the molecule is C=CC1=N/C(=C/C)N(C)C(C(=C)C)=C1. The zero-order chi connectivity index (χ0) is 10.7. The molecule has 0 fully saturated rings. The van der Waals surface area contributed by atoms with E-state index < -0.39 is 0 Å². The molecule has 1 rings (SSSR count). The maximum atomic E-state index is 4.40. The molecule has 0 spiro atoms. The van der Waals surface area contributed by atoms with Gasteiger partial charge in [-0.15, -0.1) is 0 Å². The minimum atomic E-state index is 0.884. The second kappa shape index (κ2) is 4.09. The Morgan fingerprint density at radius 3 is 2.64 bits per heavy atom. The summed E-state index contributed by atoms with van der Waals surface area (Å²) in [5, 5.41) is 0. The number of rotatable bonds is 2. The lowest BCUT2D eigenvalue weighted by atomic mass is 10.1. The highest BCUT2D eigenvalue weighted by molar-refractivity contribution is 6.05. The van der Waals surface area contributed by atoms with Crippen molar-refractivity contribution in [3.05, 3.63) is 48.5 Å². The van der Waals surface area contributed by atoms with E-state index in [1.807, 2.05) is 37.9 Å². The quantitative estimate of drug-likeness (QED) is 0.650. The molecule has 14 heavy (non-hydrogen) atoms. The Morgan fingerprint density at radius 1 is 1.57 bits per heavy atom. The molecule has 1 aliphatic rings. The van der Waals surface area contributed by atoms with Crippen molar-refractivity contribution < 1.29 is 0 Å². The Labute approximate surface area is 85.6 Å². The predicted octanol–water partition coefficient (Wildman–Crippen LogP) is 2.88. The first kappa shape index (κ1) is 10.5. The predicted molar refractivity (Wildman–Crippen MR) is 62.0 cm³/mol. The highest BCUT2D eigenvalue weighted by Gasteiger charge is 2.14. The lowest BCUT2D eigenvalue weighted by molar-refractivity contribution is 0.517. The molecule has 2 heteroatoms. The van der Waals surface area contributed by atoms with Crippen LogP contribution >= 0.6 is 0 Å². The number of nitrogens with zero attached hydrogens (tertiary/aromatic N) is 2. The van der Waals surface area contributed by atoms with Crippen LogP contribution in [0.4, 0.5) is 0 Å². The van der Waals surface area contributed by atoms with Gasteiger partial charge in [-0.1, -0.05) is 13.2 Å². The lowest BCUT2D eigenvalue weighted by Gasteiger charge is -2.26. The number of allylic oxidation sites excluding steroid dienone is 4. The van der Waals surface area contributed by atoms with Gasteiger partial charge >= 0.3 is 0 Å². The van der Waals surface area contributed by atoms with Crippen molar-refractivity contribution in [2.75, 3.05) is 7.05 Å². The summed E-state index contributed by atoms with van der Waals surface area (Å²) < 4.78 is 0. The molecule has 0 saturated heterocycles. The third-order valence-electron chi connectivity index (χ3n) is 2.14. The van der Waals surface area contributed by atoms with Gasteiger partial charge in [-0.05, 0) is 37.6 Å². The van der Waals surface area contributed by atoms with E-state index in [-0.39, 0.29) is 0 Å². The fraction of sp³-hybridized carbons (Fsp3) is 0.250. The van der Waals surface area contributed by atoms with Crippen molar-refractivity contribution >= 4 is 5.71 Å². The Bertz CT molecular complexity index is 357. The average Bonchev–Trinajstić information content (AvgIpc) is 2.17. The van der Waals surface area contributed by atoms with Gasteiger partial charge in [0.2, 0.25) is 0 Å². The van der Waals surface area contributed by atoms with Gasteiger partial charge in [0.15, 0.2) is 0 Å². The number of hydrogen-bond donors (Lipinski definition) is 0. The van der Waals surface area contributed by atoms with Gasteiger partial charge in [-0.3, -0.25) is 0 Å². The molecule has 2 nitrogen and oxygen atoms in total. The van der Waals surface area contributed by atoms with Crippen LogP contribution in [0, 0.1) is 0 Å². The van der Waals surface area contributed by atoms with Gasteiger partial charge in [0.25, 0.3) is 0 Å². The molecule has 0 aromatic rings. The smallest absolute Gasteiger partial charge is 0.129 e. The second-order valence-corrected chi connectivity index (χ2v) is 3.26. The van der Waals surface area contributed by atoms with E-state index in [9.17, 15) is 0 Å². The van der Waals surface area contributed by atoms with Crippen molar-refractivity contribution in [2.24, 2.45) is 4.99 Å². The first-order valence-corrected chi connectivity index (χ1v) is 4.59. The molecule has 0 aromatic carbocycles. The van der Waals surface area contributed by atoms with Crippen LogP contribution in [-0.4, -0.2) is 17.7 Å². The monoisotopic (exact) mass is 188 g/mol. The average molecular weight is 188 g/mol. The molecule has 0 aliphatic carbocycles. The van der Waals surface area contributed by atoms with Crippen molar-refractivity contribution in [1.82, 2.24) is 4.90 Å². The highest BCUT2D eigenvalue weighted by Crippen LogP contribution is 2.22. The molecule has 0 unspecified atom stereocenters. The van der Waals surface area contributed by atoms with Crippen LogP contribution in [0.5, 0.6) is 0 Å². The molecule has 0 N–H and O–H groups in total. The summed E-state index contributed by atoms with van der Waals surface area (Å²) in [6.07, 6.45) is 5.71. The maximum Gasteiger partial charge on any atom is 0.129 e. The fourth-order valence-corrected chi connectivity index (χ4v) is 1.37. The molecule has 0 saturated carbocycles. The van der Waals surface area contributed by atoms with Crippen LogP contribution in [0.1, 0.15) is 13.8 Å². The molecule has 1 heterocycles. The van der Waals surface area contributed by atoms with E-state index in [1.54, 1.807) is 6.08 Å². The van der Waals surface area contributed by atoms with Crippen molar-refractivity contribution in [3.63, 3.8) is 0 Å². The van der Waals surface area contributed by atoms with Gasteiger partial charge < -0.3 is 4.90 Å². The number of aliphatic imine (C=N–C) groups is 1. The molecule has 0 amide bonds. The van der Waals surface area contributed by atoms with Crippen LogP contribution in [0.25, 0.3) is 0 Å². The van der Waals surface area contributed by atoms with Crippen LogP contribution in [0.3, 0.4) is 0 Å². The van der Waals surface area contributed by atoms with Crippen molar-refractivity contribution in [2.45, 2.75) is 13.8 Å². The molecule has 74 valence electrons. The van der Waals surface area contributed by atoms with Gasteiger partial charge in [0.1, 0.15) is 5.82 Å². The summed E-state index contributed by atoms with van der Waals surface area (Å²) in [5.41, 5.74) is 3.00. The third kappa shape index (κ3) is 1.84. The largest absolute Gasteiger partial charge is 0.329 e. The molecule has 0 atom stereocenters. The van der Waals surface area contributed by atoms with E-state index in [0.29, 0.717) is 0 Å². The van der Waals surface area contributed by atoms with E-state index in [2.05, 4.69) is 18.2 Å². The Kier molecular flexibility index (Phi) is 3.07. The van der Waals surface area contributed by atoms with Gasteiger partial charge in [-0.2, -0.15) is 0 Å². The first-order valence-electron chi connectivity index (χ1n) is 4.59. The van der Waals surface area contributed by atoms with Crippen LogP contribution in [-0.2, 0) is 0 Å². The molecule has 1 aliphatic heterocycles. The lowest BCUT2D eigenvalue weighted by Crippen LogP contribution is -2.21. The summed E-state index contributed by atoms with van der Waals surface area (Å²) in [4.78, 5) is 6.42. The van der Waals surface area contributed by atoms with Crippen LogP contribution in [0.15, 0.2) is 53.5 Å². The standard InChI is InChI=1S/C12H16N2/c1-6-10-8-11(9(3)4)14(5)12(7-2)13-10/h6-8H,1,3H2,2,4-5H3/b12-7-. The summed E-state index contributed by atoms with van der Waals surface area (Å²) in [6, 6.07) is 0. The third-order valence-corrected chi connectivity index (χ3v) is 2.14. The van der Waals surface area contributed by atoms with Crippen LogP contribution < -0.4 is 0 Å². The van der Waals surface area contributed by atoms with Crippen molar-refractivity contribution in [1.29, 1.82) is 0 Å². The minimum absolute atomic E-state index is 0.884. The number of likely N-dealkylation sites (N-methyl/N-ethyl adjacent to an activating group) is 1. The highest BCUT2D eigenvalue weighted by atomic mass is 15.2. The van der Waals surface area contributed by atoms with E-state index in [0.717, 1.165) is 22.8 Å². The van der Waals surface area contributed by atoms with Gasteiger partial charge in [0.05, 0.1) is 5.71 Å². The fourth-order valence-electron chi connectivity index (χ4n) is 1.37. The van der Waals surface area contributed by atoms with E-state index in [4.69, 9.17) is 0 Å². The molecular formula is C12H16N2. The zero-order valence-corrected chi connectivity index (χ0v) is 9.04. The first-order chi connectivity index (χ1) is 6.60. The topological polar surface area (TPSA) is 15.6 Å². The van der Waals surface area contributed by atoms with Crippen molar-refractivity contribution in [3.8, 4) is 0 Å². The second-order valence-electron chi connectivity index (χ2n) is 3.26.